The smallest absolute Gasteiger partial charge is 0.168 e. The van der Waals surface area contributed by atoms with Crippen LogP contribution in [-0.4, -0.2) is 34.1 Å². The van der Waals surface area contributed by atoms with Crippen molar-refractivity contribution in [2.45, 2.75) is 51.7 Å². The summed E-state index contributed by atoms with van der Waals surface area (Å²) in [5.41, 5.74) is 2.54. The third-order valence-electron chi connectivity index (χ3n) is 3.74. The summed E-state index contributed by atoms with van der Waals surface area (Å²) in [6, 6.07) is 0. The second-order valence-electron chi connectivity index (χ2n) is 5.52. The van der Waals surface area contributed by atoms with Gasteiger partial charge in [0.2, 0.25) is 0 Å². The highest BCUT2D eigenvalue weighted by atomic mass is 35.5. The molecule has 0 aromatic heterocycles. The van der Waals surface area contributed by atoms with Crippen LogP contribution in [0.2, 0.25) is 0 Å². The molecule has 3 nitrogen and oxygen atoms in total. The van der Waals surface area contributed by atoms with Crippen LogP contribution in [0.1, 0.15) is 46.5 Å². The van der Waals surface area contributed by atoms with E-state index in [0.29, 0.717) is 42.3 Å². The predicted molar refractivity (Wildman–Crippen MR) is 97.2 cm³/mol. The van der Waals surface area contributed by atoms with Crippen LogP contribution >= 0.6 is 23.4 Å². The molecule has 1 rings (SSSR count). The minimum Gasteiger partial charge on any atom is -0.511 e. The second-order valence-corrected chi connectivity index (χ2v) is 7.49. The number of hydrogen-bond donors (Lipinski definition) is 1. The number of aliphatic hydroxyl groups excluding tert-OH is 1. The van der Waals surface area contributed by atoms with Gasteiger partial charge < -0.3 is 5.11 Å². The number of aliphatic hydroxyl groups is 1. The molecular formula is C17H26ClNO2S. The Balaban J connectivity index is 2.84. The van der Waals surface area contributed by atoms with E-state index in [1.807, 2.05) is 18.7 Å². The Hall–Kier alpha value is -0.740. The molecule has 0 saturated heterocycles. The van der Waals surface area contributed by atoms with Crippen LogP contribution < -0.4 is 0 Å². The third-order valence-corrected chi connectivity index (χ3v) is 5.01. The summed E-state index contributed by atoms with van der Waals surface area (Å²) in [4.78, 5) is 16.8. The Kier molecular flexibility index (Phi) is 8.88. The zero-order chi connectivity index (χ0) is 16.5. The summed E-state index contributed by atoms with van der Waals surface area (Å²) in [5, 5.41) is 10.9. The van der Waals surface area contributed by atoms with E-state index in [0.717, 1.165) is 12.2 Å². The van der Waals surface area contributed by atoms with Crippen LogP contribution in [0.4, 0.5) is 0 Å². The van der Waals surface area contributed by atoms with Gasteiger partial charge in [-0.2, -0.15) is 11.8 Å². The zero-order valence-electron chi connectivity index (χ0n) is 13.6. The Morgan fingerprint density at radius 1 is 1.50 bits per heavy atom. The molecule has 0 aliphatic heterocycles. The number of nitrogens with zero attached hydrogens (tertiary/aromatic N) is 1. The molecule has 0 radical (unpaired) electrons. The number of aliphatic imine (C=N–C) groups is 1. The van der Waals surface area contributed by atoms with Gasteiger partial charge in [0.05, 0.1) is 12.1 Å². The fraction of sp³-hybridized carbons (Fsp3) is 0.647. The highest BCUT2D eigenvalue weighted by molar-refractivity contribution is 7.99. The van der Waals surface area contributed by atoms with Gasteiger partial charge in [-0.15, -0.1) is 0 Å². The number of halogens is 1. The lowest BCUT2D eigenvalue weighted by atomic mass is 9.82. The fourth-order valence-corrected chi connectivity index (χ4v) is 3.92. The number of Topliss-reactive ketones (excluding diaryl/α,β-unsaturated/α-hetero) is 1. The molecule has 1 aliphatic carbocycles. The third kappa shape index (κ3) is 5.81. The minimum absolute atomic E-state index is 0.0258. The Morgan fingerprint density at radius 2 is 2.23 bits per heavy atom. The number of rotatable bonds is 8. The molecule has 0 bridgehead atoms. The standard InChI is InChI=1S/C17H26ClNO2S/c1-4-14(19-8-6-7-18)17-15(20)10-13(11-16(17)21)9-12(3)22-5-2/h6-7,12-13,20H,4-5,8-11H2,1-3H3. The van der Waals surface area contributed by atoms with E-state index in [9.17, 15) is 9.90 Å². The van der Waals surface area contributed by atoms with Gasteiger partial charge in [-0.1, -0.05) is 38.4 Å². The van der Waals surface area contributed by atoms with Crippen molar-refractivity contribution in [1.82, 2.24) is 0 Å². The summed E-state index contributed by atoms with van der Waals surface area (Å²) in [6.45, 7) is 6.71. The molecule has 2 unspecified atom stereocenters. The number of allylic oxidation sites excluding steroid dienone is 2. The van der Waals surface area contributed by atoms with E-state index >= 15 is 0 Å². The molecule has 0 fully saturated rings. The van der Waals surface area contributed by atoms with Gasteiger partial charge >= 0.3 is 0 Å². The van der Waals surface area contributed by atoms with Crippen LogP contribution in [-0.2, 0) is 4.79 Å². The van der Waals surface area contributed by atoms with Gasteiger partial charge in [-0.3, -0.25) is 9.79 Å². The topological polar surface area (TPSA) is 49.7 Å². The fourth-order valence-electron chi connectivity index (χ4n) is 2.86. The maximum atomic E-state index is 12.4. The molecule has 22 heavy (non-hydrogen) atoms. The van der Waals surface area contributed by atoms with Crippen molar-refractivity contribution < 1.29 is 9.90 Å². The first-order valence-corrected chi connectivity index (χ1v) is 9.37. The maximum Gasteiger partial charge on any atom is 0.168 e. The molecule has 0 heterocycles. The normalized spacial score (nSPS) is 21.7. The van der Waals surface area contributed by atoms with Crippen molar-refractivity contribution >= 4 is 34.9 Å². The molecular weight excluding hydrogens is 318 g/mol. The first-order chi connectivity index (χ1) is 10.5. The molecule has 1 N–H and O–H groups in total. The van der Waals surface area contributed by atoms with E-state index < -0.39 is 0 Å². The summed E-state index contributed by atoms with van der Waals surface area (Å²) >= 11 is 7.38. The Labute approximate surface area is 142 Å². The molecule has 0 aromatic carbocycles. The molecule has 1 aliphatic rings. The molecule has 2 atom stereocenters. The zero-order valence-corrected chi connectivity index (χ0v) is 15.2. The Morgan fingerprint density at radius 3 is 2.77 bits per heavy atom. The number of carbonyl (C=O) groups is 1. The van der Waals surface area contributed by atoms with Gasteiger partial charge in [0, 0.05) is 29.3 Å². The van der Waals surface area contributed by atoms with Crippen LogP contribution in [0, 0.1) is 5.92 Å². The first-order valence-electron chi connectivity index (χ1n) is 7.89. The lowest BCUT2D eigenvalue weighted by Crippen LogP contribution is -2.26. The van der Waals surface area contributed by atoms with Crippen LogP contribution in [0.15, 0.2) is 27.9 Å². The largest absolute Gasteiger partial charge is 0.511 e. The van der Waals surface area contributed by atoms with Gasteiger partial charge in [-0.25, -0.2) is 0 Å². The molecule has 0 aromatic rings. The van der Waals surface area contributed by atoms with Crippen LogP contribution in [0.3, 0.4) is 0 Å². The number of ketones is 1. The van der Waals surface area contributed by atoms with E-state index in [4.69, 9.17) is 11.6 Å². The van der Waals surface area contributed by atoms with Crippen molar-refractivity contribution in [1.29, 1.82) is 0 Å². The molecule has 0 saturated carbocycles. The molecule has 5 heteroatoms. The molecule has 0 amide bonds. The number of thioether (sulfide) groups is 1. The molecule has 0 spiro atoms. The average Bonchev–Trinajstić information content (AvgIpc) is 2.45. The van der Waals surface area contributed by atoms with Gasteiger partial charge in [-0.05, 0) is 24.5 Å². The number of hydrogen-bond acceptors (Lipinski definition) is 4. The predicted octanol–water partition coefficient (Wildman–Crippen LogP) is 4.91. The quantitative estimate of drug-likeness (QED) is 0.637. The van der Waals surface area contributed by atoms with Gasteiger partial charge in [0.1, 0.15) is 5.76 Å². The van der Waals surface area contributed by atoms with E-state index in [1.165, 1.54) is 5.54 Å². The lowest BCUT2D eigenvalue weighted by molar-refractivity contribution is -0.116. The SMILES string of the molecule is CCSC(C)CC1CC(=O)C(C(CC)=NCC=CCl)=C(O)C1. The van der Waals surface area contributed by atoms with Crippen molar-refractivity contribution in [3.63, 3.8) is 0 Å². The highest BCUT2D eigenvalue weighted by Crippen LogP contribution is 2.32. The highest BCUT2D eigenvalue weighted by Gasteiger charge is 2.30. The van der Waals surface area contributed by atoms with E-state index in [-0.39, 0.29) is 17.5 Å². The van der Waals surface area contributed by atoms with Crippen molar-refractivity contribution in [3.8, 4) is 0 Å². The lowest BCUT2D eigenvalue weighted by Gasteiger charge is -2.26. The summed E-state index contributed by atoms with van der Waals surface area (Å²) in [7, 11) is 0. The second kappa shape index (κ2) is 10.1. The first kappa shape index (κ1) is 19.3. The maximum absolute atomic E-state index is 12.4. The van der Waals surface area contributed by atoms with Crippen molar-refractivity contribution in [2.75, 3.05) is 12.3 Å². The minimum atomic E-state index is 0.0258. The Bertz CT molecular complexity index is 471. The monoisotopic (exact) mass is 343 g/mol. The molecule has 124 valence electrons. The van der Waals surface area contributed by atoms with Crippen LogP contribution in [0.25, 0.3) is 0 Å². The van der Waals surface area contributed by atoms with E-state index in [2.05, 4.69) is 18.8 Å². The van der Waals surface area contributed by atoms with Crippen molar-refractivity contribution in [3.05, 3.63) is 22.9 Å². The van der Waals surface area contributed by atoms with Gasteiger partial charge in [0.15, 0.2) is 5.78 Å². The summed E-state index contributed by atoms with van der Waals surface area (Å²) in [6.07, 6.45) is 4.41. The van der Waals surface area contributed by atoms with Crippen molar-refractivity contribution in [2.24, 2.45) is 10.9 Å². The average molecular weight is 344 g/mol. The van der Waals surface area contributed by atoms with Crippen LogP contribution in [0.5, 0.6) is 0 Å². The van der Waals surface area contributed by atoms with Gasteiger partial charge in [0.25, 0.3) is 0 Å². The number of carbonyl (C=O) groups excluding carboxylic acids is 1. The summed E-state index contributed by atoms with van der Waals surface area (Å²) in [5.74, 6) is 1.56. The van der Waals surface area contributed by atoms with E-state index in [1.54, 1.807) is 6.08 Å². The summed E-state index contributed by atoms with van der Waals surface area (Å²) < 4.78 is 0.